The van der Waals surface area contributed by atoms with Crippen molar-refractivity contribution in [1.29, 1.82) is 0 Å². The van der Waals surface area contributed by atoms with Gasteiger partial charge in [0, 0.05) is 55.4 Å². The quantitative estimate of drug-likeness (QED) is 0.213. The van der Waals surface area contributed by atoms with Crippen LogP contribution in [0.2, 0.25) is 0 Å². The second kappa shape index (κ2) is 15.5. The highest BCUT2D eigenvalue weighted by Crippen LogP contribution is 2.19. The van der Waals surface area contributed by atoms with Gasteiger partial charge >= 0.3 is 6.03 Å². The van der Waals surface area contributed by atoms with E-state index < -0.39 is 0 Å². The van der Waals surface area contributed by atoms with Crippen molar-refractivity contribution in [3.8, 4) is 0 Å². The van der Waals surface area contributed by atoms with Crippen molar-refractivity contribution in [2.75, 3.05) is 38.7 Å². The number of methoxy groups -OCH3 is 1. The molecule has 0 saturated carbocycles. The Kier molecular flexibility index (Phi) is 12.1. The molecule has 210 valence electrons. The minimum atomic E-state index is -0.276. The zero-order valence-corrected chi connectivity index (χ0v) is 25.2. The van der Waals surface area contributed by atoms with Gasteiger partial charge in [0.2, 0.25) is 5.91 Å². The molecule has 0 saturated heterocycles. The summed E-state index contributed by atoms with van der Waals surface area (Å²) >= 11 is 3.49. The number of nitrogens with zero attached hydrogens (tertiary/aromatic N) is 3. The van der Waals surface area contributed by atoms with Crippen molar-refractivity contribution in [1.82, 2.24) is 14.4 Å². The molecule has 3 rings (SSSR count). The van der Waals surface area contributed by atoms with Crippen LogP contribution in [0.25, 0.3) is 0 Å². The highest BCUT2D eigenvalue weighted by Gasteiger charge is 2.22. The van der Waals surface area contributed by atoms with E-state index in [0.717, 1.165) is 46.4 Å². The molecular formula is C31H41BrN4O3. The number of aryl methyl sites for hydroxylation is 1. The number of hydrogen-bond donors (Lipinski definition) is 1. The molecule has 3 amide bonds. The van der Waals surface area contributed by atoms with Crippen molar-refractivity contribution in [2.45, 2.75) is 53.1 Å². The predicted octanol–water partition coefficient (Wildman–Crippen LogP) is 6.62. The maximum atomic E-state index is 13.7. The second-order valence-corrected chi connectivity index (χ2v) is 10.8. The van der Waals surface area contributed by atoms with Gasteiger partial charge in [0.25, 0.3) is 0 Å². The van der Waals surface area contributed by atoms with Gasteiger partial charge in [-0.25, -0.2) is 4.79 Å². The lowest BCUT2D eigenvalue weighted by Crippen LogP contribution is -2.45. The fourth-order valence-electron chi connectivity index (χ4n) is 4.37. The van der Waals surface area contributed by atoms with Gasteiger partial charge in [-0.3, -0.25) is 4.79 Å². The van der Waals surface area contributed by atoms with Crippen molar-refractivity contribution < 1.29 is 14.3 Å². The average molecular weight is 598 g/mol. The van der Waals surface area contributed by atoms with Crippen LogP contribution < -0.4 is 5.32 Å². The number of urea groups is 1. The Morgan fingerprint density at radius 2 is 1.72 bits per heavy atom. The first-order chi connectivity index (χ1) is 18.8. The van der Waals surface area contributed by atoms with E-state index in [4.69, 9.17) is 4.74 Å². The molecule has 1 heterocycles. The summed E-state index contributed by atoms with van der Waals surface area (Å²) in [6.07, 6.45) is 4.58. The van der Waals surface area contributed by atoms with Gasteiger partial charge in [0.15, 0.2) is 0 Å². The van der Waals surface area contributed by atoms with Gasteiger partial charge in [-0.2, -0.15) is 0 Å². The molecule has 0 radical (unpaired) electrons. The topological polar surface area (TPSA) is 66.8 Å². The van der Waals surface area contributed by atoms with E-state index in [-0.39, 0.29) is 18.5 Å². The van der Waals surface area contributed by atoms with Crippen LogP contribution in [-0.4, -0.2) is 59.7 Å². The van der Waals surface area contributed by atoms with Gasteiger partial charge in [-0.1, -0.05) is 53.5 Å². The van der Waals surface area contributed by atoms with Crippen molar-refractivity contribution >= 4 is 33.6 Å². The van der Waals surface area contributed by atoms with E-state index in [2.05, 4.69) is 57.1 Å². The maximum Gasteiger partial charge on any atom is 0.322 e. The molecule has 3 aromatic rings. The van der Waals surface area contributed by atoms with E-state index in [1.54, 1.807) is 12.0 Å². The first kappa shape index (κ1) is 30.4. The number of aromatic nitrogens is 1. The standard InChI is InChI=1S/C31H41BrN4O3/c1-5-6-17-35(22-28-11-8-18-34(28)21-26-13-15-27(32)16-14-26)30(37)23-36(19-9-20-39-4)31(38)33-29-12-7-10-24(2)25(29)3/h7-8,10-16,18H,5-6,9,17,19-23H2,1-4H3,(H,33,38). The van der Waals surface area contributed by atoms with E-state index in [1.807, 2.05) is 55.1 Å². The summed E-state index contributed by atoms with van der Waals surface area (Å²) in [6, 6.07) is 17.9. The third kappa shape index (κ3) is 9.25. The number of carbonyl (C=O) groups excluding carboxylic acids is 2. The summed E-state index contributed by atoms with van der Waals surface area (Å²) in [6.45, 7) is 8.95. The summed E-state index contributed by atoms with van der Waals surface area (Å²) in [5.41, 5.74) is 5.14. The molecular weight excluding hydrogens is 556 g/mol. The van der Waals surface area contributed by atoms with Gasteiger partial charge in [0.1, 0.15) is 6.54 Å². The number of amides is 3. The number of nitrogens with one attached hydrogen (secondary N) is 1. The van der Waals surface area contributed by atoms with Gasteiger partial charge < -0.3 is 24.4 Å². The molecule has 1 N–H and O–H groups in total. The number of ether oxygens (including phenoxy) is 1. The molecule has 2 aromatic carbocycles. The zero-order valence-electron chi connectivity index (χ0n) is 23.6. The fourth-order valence-corrected chi connectivity index (χ4v) is 4.63. The Morgan fingerprint density at radius 1 is 0.974 bits per heavy atom. The third-order valence-corrected chi connectivity index (χ3v) is 7.44. The molecule has 0 bridgehead atoms. The van der Waals surface area contributed by atoms with Gasteiger partial charge in [-0.05, 0) is 73.7 Å². The second-order valence-electron chi connectivity index (χ2n) is 9.87. The van der Waals surface area contributed by atoms with Crippen LogP contribution in [0.3, 0.4) is 0 Å². The van der Waals surface area contributed by atoms with Crippen LogP contribution in [0, 0.1) is 13.8 Å². The van der Waals surface area contributed by atoms with Crippen LogP contribution in [0.15, 0.2) is 65.3 Å². The number of hydrogen-bond acceptors (Lipinski definition) is 3. The van der Waals surface area contributed by atoms with Crippen LogP contribution in [-0.2, 0) is 22.6 Å². The first-order valence-corrected chi connectivity index (χ1v) is 14.4. The molecule has 1 aromatic heterocycles. The summed E-state index contributed by atoms with van der Waals surface area (Å²) in [4.78, 5) is 30.5. The van der Waals surface area contributed by atoms with E-state index in [9.17, 15) is 9.59 Å². The number of halogens is 1. The van der Waals surface area contributed by atoms with Crippen molar-refractivity contribution in [2.24, 2.45) is 0 Å². The molecule has 0 fully saturated rings. The number of rotatable bonds is 14. The largest absolute Gasteiger partial charge is 0.385 e. The molecule has 39 heavy (non-hydrogen) atoms. The summed E-state index contributed by atoms with van der Waals surface area (Å²) in [5.74, 6) is -0.0617. The van der Waals surface area contributed by atoms with Gasteiger partial charge in [0.05, 0.1) is 6.54 Å². The molecule has 8 heteroatoms. The maximum absolute atomic E-state index is 13.7. The number of carbonyl (C=O) groups is 2. The molecule has 0 aliphatic heterocycles. The van der Waals surface area contributed by atoms with E-state index in [0.29, 0.717) is 32.7 Å². The average Bonchev–Trinajstić information content (AvgIpc) is 3.36. The number of unbranched alkanes of at least 4 members (excludes halogenated alkanes) is 1. The van der Waals surface area contributed by atoms with Crippen LogP contribution >= 0.6 is 15.9 Å². The fraction of sp³-hybridized carbons (Fsp3) is 0.419. The SMILES string of the molecule is CCCCN(Cc1cccn1Cc1ccc(Br)cc1)C(=O)CN(CCCOC)C(=O)Nc1cccc(C)c1C. The Bertz CT molecular complexity index is 1210. The number of benzene rings is 2. The van der Waals surface area contributed by atoms with Crippen LogP contribution in [0.4, 0.5) is 10.5 Å². The summed E-state index contributed by atoms with van der Waals surface area (Å²) < 4.78 is 8.44. The molecule has 0 spiro atoms. The van der Waals surface area contributed by atoms with Crippen LogP contribution in [0.1, 0.15) is 48.6 Å². The number of anilines is 1. The van der Waals surface area contributed by atoms with Crippen molar-refractivity contribution in [3.05, 3.63) is 87.7 Å². The minimum absolute atomic E-state index is 0.0115. The Morgan fingerprint density at radius 3 is 2.44 bits per heavy atom. The third-order valence-electron chi connectivity index (χ3n) is 6.91. The molecule has 0 atom stereocenters. The zero-order chi connectivity index (χ0) is 28.2. The lowest BCUT2D eigenvalue weighted by molar-refractivity contribution is -0.132. The molecule has 0 aliphatic carbocycles. The first-order valence-electron chi connectivity index (χ1n) is 13.6. The molecule has 0 unspecified atom stereocenters. The summed E-state index contributed by atoms with van der Waals surface area (Å²) in [7, 11) is 1.64. The Balaban J connectivity index is 1.74. The van der Waals surface area contributed by atoms with E-state index in [1.165, 1.54) is 5.56 Å². The monoisotopic (exact) mass is 596 g/mol. The normalized spacial score (nSPS) is 10.9. The lowest BCUT2D eigenvalue weighted by Gasteiger charge is -2.28. The Hall–Kier alpha value is -3.10. The lowest BCUT2D eigenvalue weighted by atomic mass is 10.1. The van der Waals surface area contributed by atoms with E-state index >= 15 is 0 Å². The molecule has 7 nitrogen and oxygen atoms in total. The highest BCUT2D eigenvalue weighted by molar-refractivity contribution is 9.10. The highest BCUT2D eigenvalue weighted by atomic mass is 79.9. The molecule has 0 aliphatic rings. The van der Waals surface area contributed by atoms with Gasteiger partial charge in [-0.15, -0.1) is 0 Å². The van der Waals surface area contributed by atoms with Crippen LogP contribution in [0.5, 0.6) is 0 Å². The summed E-state index contributed by atoms with van der Waals surface area (Å²) in [5, 5.41) is 3.02. The predicted molar refractivity (Wildman–Crippen MR) is 161 cm³/mol. The Labute approximate surface area is 241 Å². The smallest absolute Gasteiger partial charge is 0.322 e. The minimum Gasteiger partial charge on any atom is -0.385 e. The van der Waals surface area contributed by atoms with Crippen molar-refractivity contribution in [3.63, 3.8) is 0 Å².